The molecule has 34 heavy (non-hydrogen) atoms. The van der Waals surface area contributed by atoms with Gasteiger partial charge in [-0.1, -0.05) is 37.1 Å². The van der Waals surface area contributed by atoms with Gasteiger partial charge < -0.3 is 20.9 Å². The molecule has 1 fully saturated rings. The van der Waals surface area contributed by atoms with Gasteiger partial charge in [0.15, 0.2) is 6.61 Å². The van der Waals surface area contributed by atoms with Crippen LogP contribution >= 0.6 is 11.3 Å². The summed E-state index contributed by atoms with van der Waals surface area (Å²) in [7, 11) is 0. The second kappa shape index (κ2) is 9.79. The van der Waals surface area contributed by atoms with Gasteiger partial charge in [-0.2, -0.15) is 0 Å². The van der Waals surface area contributed by atoms with Crippen molar-refractivity contribution in [3.8, 4) is 27.4 Å². The summed E-state index contributed by atoms with van der Waals surface area (Å²) in [6.45, 7) is -0.0895. The van der Waals surface area contributed by atoms with Gasteiger partial charge in [0.1, 0.15) is 16.6 Å². The van der Waals surface area contributed by atoms with Gasteiger partial charge in [0.05, 0.1) is 27.9 Å². The Kier molecular flexibility index (Phi) is 6.42. The summed E-state index contributed by atoms with van der Waals surface area (Å²) in [5.74, 6) is 0.813. The topological polar surface area (TPSA) is 110 Å². The van der Waals surface area contributed by atoms with E-state index in [9.17, 15) is 9.90 Å². The lowest BCUT2D eigenvalue weighted by molar-refractivity contribution is -0.125. The van der Waals surface area contributed by atoms with Crippen LogP contribution in [0.2, 0.25) is 0 Å². The maximum Gasteiger partial charge on any atom is 0.258 e. The van der Waals surface area contributed by atoms with Gasteiger partial charge in [-0.15, -0.1) is 11.3 Å². The zero-order chi connectivity index (χ0) is 23.5. The summed E-state index contributed by atoms with van der Waals surface area (Å²) in [5.41, 5.74) is 9.79. The Bertz CT molecular complexity index is 1270. The van der Waals surface area contributed by atoms with E-state index < -0.39 is 6.10 Å². The molecule has 1 saturated carbocycles. The van der Waals surface area contributed by atoms with E-state index >= 15 is 0 Å². The number of aliphatic hydroxyl groups excluding tert-OH is 1. The number of aromatic nitrogens is 2. The van der Waals surface area contributed by atoms with Crippen LogP contribution < -0.4 is 15.8 Å². The maximum absolute atomic E-state index is 12.2. The molecule has 4 aromatic rings. The van der Waals surface area contributed by atoms with Crippen LogP contribution in [0.15, 0.2) is 60.8 Å². The average Bonchev–Trinajstić information content (AvgIpc) is 3.29. The molecule has 0 spiro atoms. The zero-order valence-electron chi connectivity index (χ0n) is 18.6. The minimum atomic E-state index is -0.474. The summed E-state index contributed by atoms with van der Waals surface area (Å²) in [4.78, 5) is 21.3. The van der Waals surface area contributed by atoms with Crippen molar-refractivity contribution in [2.75, 3.05) is 12.3 Å². The second-order valence-electron chi connectivity index (χ2n) is 8.48. The molecule has 0 saturated heterocycles. The second-order valence-corrected chi connectivity index (χ2v) is 9.51. The lowest BCUT2D eigenvalue weighted by Crippen LogP contribution is -2.46. The van der Waals surface area contributed by atoms with Gasteiger partial charge >= 0.3 is 0 Å². The van der Waals surface area contributed by atoms with E-state index in [1.807, 2.05) is 54.6 Å². The SMILES string of the molecule is Nc1ncc(-c2ccc(OCC(=O)NC3CCCCC3O)cc2)cc1-c1nc2ccccc2s1. The van der Waals surface area contributed by atoms with Gasteiger partial charge in [-0.25, -0.2) is 9.97 Å². The highest BCUT2D eigenvalue weighted by atomic mass is 32.1. The first kappa shape index (κ1) is 22.3. The number of nitrogens with one attached hydrogen (secondary N) is 1. The minimum absolute atomic E-state index is 0.0895. The van der Waals surface area contributed by atoms with E-state index in [4.69, 9.17) is 15.5 Å². The quantitative estimate of drug-likeness (QED) is 0.382. The van der Waals surface area contributed by atoms with Crippen molar-refractivity contribution in [1.82, 2.24) is 15.3 Å². The molecule has 2 heterocycles. The molecule has 2 aromatic heterocycles. The molecule has 2 unspecified atom stereocenters. The highest BCUT2D eigenvalue weighted by molar-refractivity contribution is 7.21. The van der Waals surface area contributed by atoms with Crippen LogP contribution in [0.4, 0.5) is 5.82 Å². The van der Waals surface area contributed by atoms with Gasteiger partial charge in [0, 0.05) is 11.8 Å². The molecular formula is C26H26N4O3S. The molecule has 1 aliphatic rings. The van der Waals surface area contributed by atoms with E-state index in [0.717, 1.165) is 57.6 Å². The molecule has 4 N–H and O–H groups in total. The molecule has 2 atom stereocenters. The molecule has 1 aliphatic carbocycles. The number of rotatable bonds is 6. The third-order valence-corrected chi connectivity index (χ3v) is 7.15. The van der Waals surface area contributed by atoms with Gasteiger partial charge in [0.25, 0.3) is 5.91 Å². The van der Waals surface area contributed by atoms with Crippen LogP contribution in [0.25, 0.3) is 31.9 Å². The Labute approximate surface area is 201 Å². The van der Waals surface area contributed by atoms with E-state index in [1.165, 1.54) is 0 Å². The number of aliphatic hydroxyl groups is 1. The number of nitrogens with two attached hydrogens (primary N) is 1. The van der Waals surface area contributed by atoms with Crippen LogP contribution in [0.1, 0.15) is 25.7 Å². The third kappa shape index (κ3) is 4.88. The monoisotopic (exact) mass is 474 g/mol. The Hall–Kier alpha value is -3.49. The molecule has 1 amide bonds. The Morgan fingerprint density at radius 2 is 1.91 bits per heavy atom. The normalized spacial score (nSPS) is 18.0. The number of amides is 1. The minimum Gasteiger partial charge on any atom is -0.484 e. The molecule has 2 aromatic carbocycles. The maximum atomic E-state index is 12.2. The first-order valence-electron chi connectivity index (χ1n) is 11.4. The largest absolute Gasteiger partial charge is 0.484 e. The lowest BCUT2D eigenvalue weighted by Gasteiger charge is -2.28. The number of para-hydroxylation sites is 1. The molecule has 174 valence electrons. The molecular weight excluding hydrogens is 448 g/mol. The summed E-state index contributed by atoms with van der Waals surface area (Å²) in [6, 6.07) is 17.3. The fraction of sp³-hybridized carbons (Fsp3) is 0.269. The van der Waals surface area contributed by atoms with Crippen molar-refractivity contribution in [2.24, 2.45) is 0 Å². The molecule has 0 aliphatic heterocycles. The van der Waals surface area contributed by atoms with Crippen molar-refractivity contribution >= 4 is 33.3 Å². The first-order valence-corrected chi connectivity index (χ1v) is 12.2. The number of thiazole rings is 1. The van der Waals surface area contributed by atoms with Crippen molar-refractivity contribution in [3.63, 3.8) is 0 Å². The van der Waals surface area contributed by atoms with E-state index in [2.05, 4.69) is 10.3 Å². The van der Waals surface area contributed by atoms with Crippen LogP contribution in [-0.4, -0.2) is 39.7 Å². The Morgan fingerprint density at radius 1 is 1.12 bits per heavy atom. The Morgan fingerprint density at radius 3 is 2.71 bits per heavy atom. The number of fused-ring (bicyclic) bond motifs is 1. The average molecular weight is 475 g/mol. The fourth-order valence-corrected chi connectivity index (χ4v) is 5.20. The third-order valence-electron chi connectivity index (χ3n) is 6.08. The summed E-state index contributed by atoms with van der Waals surface area (Å²) < 4.78 is 6.75. The van der Waals surface area contributed by atoms with E-state index in [1.54, 1.807) is 17.5 Å². The van der Waals surface area contributed by atoms with Crippen LogP contribution in [-0.2, 0) is 4.79 Å². The van der Waals surface area contributed by atoms with Gasteiger partial charge in [-0.05, 0) is 48.7 Å². The number of nitrogen functional groups attached to an aromatic ring is 1. The van der Waals surface area contributed by atoms with Crippen molar-refractivity contribution in [3.05, 3.63) is 60.8 Å². The number of hydrogen-bond donors (Lipinski definition) is 3. The number of carbonyl (C=O) groups is 1. The Balaban J connectivity index is 1.26. The number of benzene rings is 2. The van der Waals surface area contributed by atoms with Crippen LogP contribution in [0.3, 0.4) is 0 Å². The number of ether oxygens (including phenoxy) is 1. The van der Waals surface area contributed by atoms with Gasteiger partial charge in [0.2, 0.25) is 0 Å². The number of pyridine rings is 1. The van der Waals surface area contributed by atoms with Gasteiger partial charge in [-0.3, -0.25) is 4.79 Å². The highest BCUT2D eigenvalue weighted by Crippen LogP contribution is 2.35. The number of nitrogens with zero attached hydrogens (tertiary/aromatic N) is 2. The summed E-state index contributed by atoms with van der Waals surface area (Å²) >= 11 is 1.59. The number of anilines is 1. The van der Waals surface area contributed by atoms with Crippen molar-refractivity contribution in [2.45, 2.75) is 37.8 Å². The predicted octanol–water partition coefficient (Wildman–Crippen LogP) is 4.41. The van der Waals surface area contributed by atoms with Crippen molar-refractivity contribution < 1.29 is 14.6 Å². The highest BCUT2D eigenvalue weighted by Gasteiger charge is 2.24. The molecule has 0 bridgehead atoms. The standard InChI is InChI=1S/C26H26N4O3S/c27-25-19(26-30-21-6-2-4-8-23(21)34-26)13-17(14-28-25)16-9-11-18(12-10-16)33-15-24(32)29-20-5-1-3-7-22(20)31/h2,4,6,8-14,20,22,31H,1,3,5,7,15H2,(H2,27,28)(H,29,32). The van der Waals surface area contributed by atoms with Crippen LogP contribution in [0, 0.1) is 0 Å². The summed E-state index contributed by atoms with van der Waals surface area (Å²) in [5, 5.41) is 13.7. The lowest BCUT2D eigenvalue weighted by atomic mass is 9.92. The van der Waals surface area contributed by atoms with E-state index in [-0.39, 0.29) is 18.6 Å². The first-order chi connectivity index (χ1) is 16.6. The molecule has 0 radical (unpaired) electrons. The van der Waals surface area contributed by atoms with Crippen LogP contribution in [0.5, 0.6) is 5.75 Å². The molecule has 8 heteroatoms. The van der Waals surface area contributed by atoms with E-state index in [0.29, 0.717) is 11.6 Å². The predicted molar refractivity (Wildman–Crippen MR) is 135 cm³/mol. The molecule has 7 nitrogen and oxygen atoms in total. The number of carbonyl (C=O) groups excluding carboxylic acids is 1. The zero-order valence-corrected chi connectivity index (χ0v) is 19.4. The fourth-order valence-electron chi connectivity index (χ4n) is 4.21. The van der Waals surface area contributed by atoms with Crippen molar-refractivity contribution in [1.29, 1.82) is 0 Å². The smallest absolute Gasteiger partial charge is 0.258 e. The number of hydrogen-bond acceptors (Lipinski definition) is 7. The summed E-state index contributed by atoms with van der Waals surface area (Å²) in [6.07, 6.45) is 4.82. The molecule has 5 rings (SSSR count).